The number of fused-ring (bicyclic) bond motifs is 1. The zero-order valence-corrected chi connectivity index (χ0v) is 22.7. The predicted octanol–water partition coefficient (Wildman–Crippen LogP) is 5.34. The molecule has 1 atom stereocenters. The van der Waals surface area contributed by atoms with Crippen molar-refractivity contribution >= 4 is 40.1 Å². The Labute approximate surface area is 231 Å². The van der Waals surface area contributed by atoms with Crippen LogP contribution in [0.1, 0.15) is 53.4 Å². The number of nitrogens with one attached hydrogen (secondary N) is 1. The summed E-state index contributed by atoms with van der Waals surface area (Å²) < 4.78 is 7.55. The van der Waals surface area contributed by atoms with Crippen LogP contribution in [-0.4, -0.2) is 62.3 Å². The lowest BCUT2D eigenvalue weighted by molar-refractivity contribution is -0.125. The van der Waals surface area contributed by atoms with Crippen LogP contribution in [0.3, 0.4) is 0 Å². The summed E-state index contributed by atoms with van der Waals surface area (Å²) in [6.07, 6.45) is 9.44. The molecule has 0 unspecified atom stereocenters. The number of thiophene rings is 1. The Morgan fingerprint density at radius 2 is 1.97 bits per heavy atom. The number of rotatable bonds is 7. The van der Waals surface area contributed by atoms with E-state index >= 15 is 0 Å². The van der Waals surface area contributed by atoms with Crippen molar-refractivity contribution in [2.24, 2.45) is 0 Å². The lowest BCUT2D eigenvalue weighted by Gasteiger charge is -2.21. The van der Waals surface area contributed by atoms with Crippen molar-refractivity contribution in [3.05, 3.63) is 66.0 Å². The SMILES string of the molecule is C=CC(=O)N1CCC[C@@H](n2c(NC(=O)c3ccc(-c4cnco4)s3)nc3cc(CN4CCCC4)ccc32)CC1. The van der Waals surface area contributed by atoms with Gasteiger partial charge in [0, 0.05) is 25.7 Å². The molecule has 0 saturated carbocycles. The zero-order chi connectivity index (χ0) is 26.8. The second-order valence-corrected chi connectivity index (χ2v) is 11.3. The molecular weight excluding hydrogens is 512 g/mol. The van der Waals surface area contributed by atoms with Gasteiger partial charge >= 0.3 is 0 Å². The molecule has 10 heteroatoms. The smallest absolute Gasteiger partial charge is 0.268 e. The Bertz CT molecular complexity index is 1480. The van der Waals surface area contributed by atoms with E-state index in [2.05, 4.69) is 44.5 Å². The van der Waals surface area contributed by atoms with Gasteiger partial charge in [-0.2, -0.15) is 0 Å². The van der Waals surface area contributed by atoms with E-state index in [0.29, 0.717) is 29.7 Å². The minimum Gasteiger partial charge on any atom is -0.443 e. The third-order valence-corrected chi connectivity index (χ3v) is 8.74. The quantitative estimate of drug-likeness (QED) is 0.316. The molecular formula is C29H32N6O3S. The van der Waals surface area contributed by atoms with E-state index in [0.717, 1.165) is 54.8 Å². The van der Waals surface area contributed by atoms with E-state index in [1.165, 1.54) is 42.2 Å². The monoisotopic (exact) mass is 544 g/mol. The molecule has 0 aliphatic carbocycles. The normalized spacial score (nSPS) is 18.4. The zero-order valence-electron chi connectivity index (χ0n) is 21.8. The first-order chi connectivity index (χ1) is 19.1. The fraction of sp³-hybridized carbons (Fsp3) is 0.379. The Morgan fingerprint density at radius 3 is 2.77 bits per heavy atom. The molecule has 6 rings (SSSR count). The van der Waals surface area contributed by atoms with Crippen LogP contribution >= 0.6 is 11.3 Å². The number of carbonyl (C=O) groups excluding carboxylic acids is 2. The van der Waals surface area contributed by atoms with E-state index in [-0.39, 0.29) is 17.9 Å². The van der Waals surface area contributed by atoms with Gasteiger partial charge in [0.2, 0.25) is 11.9 Å². The van der Waals surface area contributed by atoms with Gasteiger partial charge < -0.3 is 13.9 Å². The predicted molar refractivity (Wildman–Crippen MR) is 152 cm³/mol. The first kappa shape index (κ1) is 25.5. The third-order valence-electron chi connectivity index (χ3n) is 7.64. The molecule has 5 heterocycles. The van der Waals surface area contributed by atoms with Crippen molar-refractivity contribution in [3.8, 4) is 10.6 Å². The van der Waals surface area contributed by atoms with Crippen molar-refractivity contribution in [1.82, 2.24) is 24.3 Å². The van der Waals surface area contributed by atoms with Crippen molar-refractivity contribution in [1.29, 1.82) is 0 Å². The number of nitrogens with zero attached hydrogens (tertiary/aromatic N) is 5. The summed E-state index contributed by atoms with van der Waals surface area (Å²) in [5, 5.41) is 3.10. The van der Waals surface area contributed by atoms with Crippen LogP contribution < -0.4 is 5.32 Å². The molecule has 1 N–H and O–H groups in total. The van der Waals surface area contributed by atoms with E-state index in [1.807, 2.05) is 11.0 Å². The Morgan fingerprint density at radius 1 is 1.10 bits per heavy atom. The molecule has 2 aliphatic heterocycles. The van der Waals surface area contributed by atoms with Gasteiger partial charge in [0.1, 0.15) is 0 Å². The Balaban J connectivity index is 1.31. The van der Waals surface area contributed by atoms with Gasteiger partial charge in [-0.3, -0.25) is 19.8 Å². The van der Waals surface area contributed by atoms with Gasteiger partial charge in [0.25, 0.3) is 5.91 Å². The number of aromatic nitrogens is 3. The first-order valence-electron chi connectivity index (χ1n) is 13.5. The van der Waals surface area contributed by atoms with Crippen molar-refractivity contribution in [2.45, 2.75) is 44.7 Å². The Kier molecular flexibility index (Phi) is 7.30. The number of amides is 2. The average Bonchev–Trinajstić information content (AvgIpc) is 3.74. The molecule has 0 spiro atoms. The molecule has 2 amide bonds. The molecule has 2 saturated heterocycles. The van der Waals surface area contributed by atoms with E-state index in [1.54, 1.807) is 12.3 Å². The minimum atomic E-state index is -0.211. The van der Waals surface area contributed by atoms with Crippen molar-refractivity contribution < 1.29 is 14.0 Å². The third kappa shape index (κ3) is 5.39. The number of likely N-dealkylation sites (tertiary alicyclic amines) is 2. The van der Waals surface area contributed by atoms with Gasteiger partial charge in [-0.05, 0) is 81.1 Å². The maximum absolute atomic E-state index is 13.4. The summed E-state index contributed by atoms with van der Waals surface area (Å²) in [6.45, 7) is 8.16. The van der Waals surface area contributed by atoms with Crippen LogP contribution in [0, 0.1) is 0 Å². The van der Waals surface area contributed by atoms with Crippen LogP contribution in [0.25, 0.3) is 21.7 Å². The van der Waals surface area contributed by atoms with Crippen LogP contribution in [0.5, 0.6) is 0 Å². The van der Waals surface area contributed by atoms with Crippen LogP contribution in [-0.2, 0) is 11.3 Å². The van der Waals surface area contributed by atoms with Gasteiger partial charge in [-0.15, -0.1) is 11.3 Å². The number of oxazole rings is 1. The molecule has 9 nitrogen and oxygen atoms in total. The number of anilines is 1. The van der Waals surface area contributed by atoms with E-state index < -0.39 is 0 Å². The number of imidazole rings is 1. The average molecular weight is 545 g/mol. The van der Waals surface area contributed by atoms with Crippen molar-refractivity contribution in [3.63, 3.8) is 0 Å². The lowest BCUT2D eigenvalue weighted by atomic mass is 10.1. The first-order valence-corrected chi connectivity index (χ1v) is 14.4. The van der Waals surface area contributed by atoms with Gasteiger partial charge in [-0.1, -0.05) is 12.6 Å². The molecule has 39 heavy (non-hydrogen) atoms. The Hall–Kier alpha value is -3.76. The summed E-state index contributed by atoms with van der Waals surface area (Å²) in [7, 11) is 0. The number of hydrogen-bond donors (Lipinski definition) is 1. The molecule has 202 valence electrons. The van der Waals surface area contributed by atoms with Gasteiger partial charge in [0.15, 0.2) is 12.2 Å². The lowest BCUT2D eigenvalue weighted by Crippen LogP contribution is -2.30. The fourth-order valence-electron chi connectivity index (χ4n) is 5.68. The summed E-state index contributed by atoms with van der Waals surface area (Å²) in [6, 6.07) is 10.2. The maximum atomic E-state index is 13.4. The molecule has 2 aliphatic rings. The highest BCUT2D eigenvalue weighted by Gasteiger charge is 2.26. The summed E-state index contributed by atoms with van der Waals surface area (Å²) in [5.41, 5.74) is 3.10. The maximum Gasteiger partial charge on any atom is 0.268 e. The second kappa shape index (κ2) is 11.2. The fourth-order valence-corrected chi connectivity index (χ4v) is 6.53. The molecule has 1 aromatic carbocycles. The highest BCUT2D eigenvalue weighted by atomic mass is 32.1. The number of benzene rings is 1. The van der Waals surface area contributed by atoms with Gasteiger partial charge in [0.05, 0.1) is 27.0 Å². The molecule has 4 aromatic rings. The van der Waals surface area contributed by atoms with Crippen LogP contribution in [0.15, 0.2) is 60.0 Å². The largest absolute Gasteiger partial charge is 0.443 e. The van der Waals surface area contributed by atoms with Gasteiger partial charge in [-0.25, -0.2) is 9.97 Å². The second-order valence-electron chi connectivity index (χ2n) is 10.2. The summed E-state index contributed by atoms with van der Waals surface area (Å²) in [5.74, 6) is 0.925. The van der Waals surface area contributed by atoms with Crippen LogP contribution in [0.4, 0.5) is 5.95 Å². The topological polar surface area (TPSA) is 96.5 Å². The van der Waals surface area contributed by atoms with E-state index in [9.17, 15) is 9.59 Å². The highest BCUT2D eigenvalue weighted by molar-refractivity contribution is 7.17. The minimum absolute atomic E-state index is 0.0357. The summed E-state index contributed by atoms with van der Waals surface area (Å²) >= 11 is 1.35. The molecule has 3 aromatic heterocycles. The van der Waals surface area contributed by atoms with E-state index in [4.69, 9.17) is 9.40 Å². The van der Waals surface area contributed by atoms with Crippen LogP contribution in [0.2, 0.25) is 0 Å². The molecule has 0 bridgehead atoms. The highest BCUT2D eigenvalue weighted by Crippen LogP contribution is 2.33. The number of carbonyl (C=O) groups is 2. The van der Waals surface area contributed by atoms with Crippen molar-refractivity contribution in [2.75, 3.05) is 31.5 Å². The summed E-state index contributed by atoms with van der Waals surface area (Å²) in [4.78, 5) is 40.3. The molecule has 2 fully saturated rings. The standard InChI is InChI=1S/C29H32N6O3S/c1-2-27(36)34-14-5-6-21(11-15-34)35-23-8-7-20(18-33-12-3-4-13-33)16-22(23)31-29(35)32-28(37)26-10-9-25(39-26)24-17-30-19-38-24/h2,7-10,16-17,19,21H,1,3-6,11-15,18H2,(H,31,32,37)/t21-/m1/s1. The molecule has 0 radical (unpaired) electrons. The number of hydrogen-bond acceptors (Lipinski definition) is 7.